The molecule has 0 rings (SSSR count). The Kier molecular flexibility index (Phi) is 5.32. The maximum Gasteiger partial charge on any atom is 0.412 e. The maximum absolute atomic E-state index is 12.6. The molecule has 0 aromatic carbocycles. The van der Waals surface area contributed by atoms with Crippen molar-refractivity contribution in [3.8, 4) is 0 Å². The van der Waals surface area contributed by atoms with E-state index in [2.05, 4.69) is 5.32 Å². The Bertz CT molecular complexity index is 356. The van der Waals surface area contributed by atoms with E-state index < -0.39 is 35.5 Å². The number of carboxylic acid groups (broad SMARTS) is 1. The molecule has 0 aliphatic heterocycles. The molecule has 6 heteroatoms. The van der Waals surface area contributed by atoms with Gasteiger partial charge in [0.05, 0.1) is 6.67 Å². The number of aliphatic carboxylic acids is 1. The van der Waals surface area contributed by atoms with E-state index in [0.29, 0.717) is 0 Å². The molecule has 0 aliphatic rings. The fraction of sp³-hybridized carbons (Fsp3) is 0.667. The third-order valence-electron chi connectivity index (χ3n) is 1.75. The molecule has 0 spiro atoms. The fourth-order valence-electron chi connectivity index (χ4n) is 0.994. The number of hydrogen-bond acceptors (Lipinski definition) is 3. The van der Waals surface area contributed by atoms with Crippen LogP contribution >= 0.6 is 0 Å². The van der Waals surface area contributed by atoms with Gasteiger partial charge in [-0.25, -0.2) is 9.59 Å². The monoisotopic (exact) mass is 261 g/mol. The molecule has 0 aliphatic carbocycles. The van der Waals surface area contributed by atoms with Crippen molar-refractivity contribution >= 4 is 12.1 Å². The van der Waals surface area contributed by atoms with E-state index in [0.717, 1.165) is 6.08 Å². The molecule has 0 saturated heterocycles. The molecule has 0 aromatic rings. The van der Waals surface area contributed by atoms with Crippen LogP contribution in [-0.2, 0) is 9.53 Å². The SMILES string of the molecule is CC(C)(C=C(NC(=O)OC(C)(C)C)C(=O)O)CF. The van der Waals surface area contributed by atoms with Crippen LogP contribution in [0.15, 0.2) is 11.8 Å². The van der Waals surface area contributed by atoms with Gasteiger partial charge in [0.15, 0.2) is 0 Å². The molecule has 0 bridgehead atoms. The average Bonchev–Trinajstić information content (AvgIpc) is 2.13. The summed E-state index contributed by atoms with van der Waals surface area (Å²) in [7, 11) is 0. The summed E-state index contributed by atoms with van der Waals surface area (Å²) in [6.07, 6.45) is 0.269. The van der Waals surface area contributed by atoms with E-state index in [4.69, 9.17) is 9.84 Å². The maximum atomic E-state index is 12.6. The van der Waals surface area contributed by atoms with Crippen LogP contribution in [-0.4, -0.2) is 29.4 Å². The van der Waals surface area contributed by atoms with Crippen molar-refractivity contribution in [3.63, 3.8) is 0 Å². The lowest BCUT2D eigenvalue weighted by molar-refractivity contribution is -0.133. The van der Waals surface area contributed by atoms with Crippen LogP contribution in [0, 0.1) is 5.41 Å². The fourth-order valence-corrected chi connectivity index (χ4v) is 0.994. The van der Waals surface area contributed by atoms with E-state index >= 15 is 0 Å². The Labute approximate surface area is 106 Å². The van der Waals surface area contributed by atoms with Crippen LogP contribution in [0.5, 0.6) is 0 Å². The first kappa shape index (κ1) is 16.4. The number of ether oxygens (including phenoxy) is 1. The van der Waals surface area contributed by atoms with Gasteiger partial charge in [0.1, 0.15) is 11.3 Å². The minimum atomic E-state index is -1.35. The van der Waals surface area contributed by atoms with Gasteiger partial charge in [-0.1, -0.05) is 13.8 Å². The molecule has 0 saturated carbocycles. The number of carboxylic acids is 1. The van der Waals surface area contributed by atoms with Gasteiger partial charge < -0.3 is 9.84 Å². The van der Waals surface area contributed by atoms with Crippen molar-refractivity contribution in [1.29, 1.82) is 0 Å². The quantitative estimate of drug-likeness (QED) is 0.762. The van der Waals surface area contributed by atoms with Crippen LogP contribution in [0.2, 0.25) is 0 Å². The van der Waals surface area contributed by atoms with E-state index in [-0.39, 0.29) is 0 Å². The standard InChI is InChI=1S/C12H20FNO4/c1-11(2,3)18-10(17)14-8(9(15)16)6-12(4,5)7-13/h6H,7H2,1-5H3,(H,14,17)(H,15,16). The third kappa shape index (κ3) is 6.88. The lowest BCUT2D eigenvalue weighted by Gasteiger charge is -2.21. The summed E-state index contributed by atoms with van der Waals surface area (Å²) in [5.41, 5.74) is -2.10. The highest BCUT2D eigenvalue weighted by Gasteiger charge is 2.23. The first-order valence-corrected chi connectivity index (χ1v) is 5.49. The number of halogens is 1. The van der Waals surface area contributed by atoms with Gasteiger partial charge in [-0.3, -0.25) is 9.71 Å². The van der Waals surface area contributed by atoms with Gasteiger partial charge in [0.25, 0.3) is 0 Å². The Morgan fingerprint density at radius 2 is 1.78 bits per heavy atom. The van der Waals surface area contributed by atoms with Crippen molar-refractivity contribution in [2.24, 2.45) is 5.41 Å². The zero-order valence-electron chi connectivity index (χ0n) is 11.3. The van der Waals surface area contributed by atoms with Crippen LogP contribution in [0.1, 0.15) is 34.6 Å². The van der Waals surface area contributed by atoms with E-state index in [9.17, 15) is 14.0 Å². The highest BCUT2D eigenvalue weighted by molar-refractivity contribution is 5.90. The van der Waals surface area contributed by atoms with Crippen molar-refractivity contribution < 1.29 is 23.8 Å². The molecule has 18 heavy (non-hydrogen) atoms. The molecular weight excluding hydrogens is 241 g/mol. The average molecular weight is 261 g/mol. The smallest absolute Gasteiger partial charge is 0.412 e. The predicted octanol–water partition coefficient (Wildman–Crippen LogP) is 2.48. The summed E-state index contributed by atoms with van der Waals surface area (Å²) in [4.78, 5) is 22.3. The topological polar surface area (TPSA) is 75.6 Å². The molecule has 0 radical (unpaired) electrons. The Morgan fingerprint density at radius 3 is 2.11 bits per heavy atom. The highest BCUT2D eigenvalue weighted by atomic mass is 19.1. The van der Waals surface area contributed by atoms with Crippen molar-refractivity contribution in [3.05, 3.63) is 11.8 Å². The normalized spacial score (nSPS) is 13.1. The minimum Gasteiger partial charge on any atom is -0.477 e. The number of alkyl halides is 1. The van der Waals surface area contributed by atoms with Crippen molar-refractivity contribution in [2.75, 3.05) is 6.67 Å². The number of allylic oxidation sites excluding steroid dienone is 1. The lowest BCUT2D eigenvalue weighted by atomic mass is 9.94. The first-order chi connectivity index (χ1) is 7.97. The molecule has 0 aromatic heterocycles. The molecule has 1 amide bonds. The summed E-state index contributed by atoms with van der Waals surface area (Å²) in [6, 6.07) is 0. The van der Waals surface area contributed by atoms with Crippen LogP contribution in [0.3, 0.4) is 0 Å². The van der Waals surface area contributed by atoms with E-state index in [1.54, 1.807) is 20.8 Å². The Morgan fingerprint density at radius 1 is 1.28 bits per heavy atom. The van der Waals surface area contributed by atoms with Crippen LogP contribution < -0.4 is 5.32 Å². The second-order valence-corrected chi connectivity index (χ2v) is 5.61. The largest absolute Gasteiger partial charge is 0.477 e. The molecule has 0 heterocycles. The molecule has 104 valence electrons. The predicted molar refractivity (Wildman–Crippen MR) is 64.8 cm³/mol. The molecule has 0 atom stereocenters. The minimum absolute atomic E-state index is 0.396. The number of carbonyl (C=O) groups is 2. The van der Waals surface area contributed by atoms with E-state index in [1.807, 2.05) is 0 Å². The number of amides is 1. The molecule has 5 nitrogen and oxygen atoms in total. The number of hydrogen-bond donors (Lipinski definition) is 2. The first-order valence-electron chi connectivity index (χ1n) is 5.49. The second-order valence-electron chi connectivity index (χ2n) is 5.61. The summed E-state index contributed by atoms with van der Waals surface area (Å²) in [5.74, 6) is -1.35. The number of alkyl carbamates (subject to hydrolysis) is 1. The zero-order valence-corrected chi connectivity index (χ0v) is 11.3. The summed E-state index contributed by atoms with van der Waals surface area (Å²) < 4.78 is 17.5. The lowest BCUT2D eigenvalue weighted by Crippen LogP contribution is -2.35. The van der Waals surface area contributed by atoms with Gasteiger partial charge in [-0.05, 0) is 26.8 Å². The molecule has 0 fully saturated rings. The summed E-state index contributed by atoms with van der Waals surface area (Å²) in [6.45, 7) is 7.27. The molecular formula is C12H20FNO4. The molecule has 2 N–H and O–H groups in total. The Balaban J connectivity index is 4.87. The Hall–Kier alpha value is -1.59. The van der Waals surface area contributed by atoms with Crippen LogP contribution in [0.4, 0.5) is 9.18 Å². The zero-order chi connectivity index (χ0) is 14.6. The highest BCUT2D eigenvalue weighted by Crippen LogP contribution is 2.19. The van der Waals surface area contributed by atoms with Gasteiger partial charge in [-0.15, -0.1) is 0 Å². The van der Waals surface area contributed by atoms with Crippen molar-refractivity contribution in [2.45, 2.75) is 40.2 Å². The second kappa shape index (κ2) is 5.84. The van der Waals surface area contributed by atoms with Crippen LogP contribution in [0.25, 0.3) is 0 Å². The van der Waals surface area contributed by atoms with Gasteiger partial charge in [-0.2, -0.15) is 0 Å². The van der Waals surface area contributed by atoms with Gasteiger partial charge in [0, 0.05) is 5.41 Å². The summed E-state index contributed by atoms with van der Waals surface area (Å²) in [5, 5.41) is 11.0. The number of rotatable bonds is 4. The number of nitrogens with one attached hydrogen (secondary N) is 1. The summed E-state index contributed by atoms with van der Waals surface area (Å²) >= 11 is 0. The van der Waals surface area contributed by atoms with Gasteiger partial charge in [0.2, 0.25) is 0 Å². The van der Waals surface area contributed by atoms with Crippen molar-refractivity contribution in [1.82, 2.24) is 5.32 Å². The van der Waals surface area contributed by atoms with Gasteiger partial charge >= 0.3 is 12.1 Å². The molecule has 0 unspecified atom stereocenters. The number of carbonyl (C=O) groups excluding carboxylic acids is 1. The van der Waals surface area contributed by atoms with E-state index in [1.165, 1.54) is 13.8 Å². The third-order valence-corrected chi connectivity index (χ3v) is 1.75.